The van der Waals surface area contributed by atoms with Gasteiger partial charge < -0.3 is 10.2 Å². The molecule has 5 heteroatoms. The number of fused-ring (bicyclic) bond motifs is 1. The minimum Gasteiger partial charge on any atom is -0.439 e. The maximum atomic E-state index is 5.89. The summed E-state index contributed by atoms with van der Waals surface area (Å²) < 4.78 is 5.75. The summed E-state index contributed by atoms with van der Waals surface area (Å²) >= 11 is 2.02. The van der Waals surface area contributed by atoms with Gasteiger partial charge in [-0.05, 0) is 30.9 Å². The first kappa shape index (κ1) is 11.9. The lowest BCUT2D eigenvalue weighted by Gasteiger charge is -2.16. The molecule has 0 amide bonds. The Morgan fingerprint density at radius 1 is 1.33 bits per heavy atom. The molecule has 1 saturated heterocycles. The molecule has 0 aliphatic carbocycles. The van der Waals surface area contributed by atoms with Crippen LogP contribution in [0.1, 0.15) is 12.3 Å². The van der Waals surface area contributed by atoms with E-state index in [1.807, 2.05) is 30.0 Å². The summed E-state index contributed by atoms with van der Waals surface area (Å²) in [5.41, 5.74) is 8.15. The number of nitrogen functional groups attached to an aromatic ring is 1. The van der Waals surface area contributed by atoms with Crippen molar-refractivity contribution in [3.63, 3.8) is 0 Å². The molecule has 18 heavy (non-hydrogen) atoms. The number of rotatable bonds is 2. The number of thioether (sulfide) groups is 1. The average molecular weight is 263 g/mol. The van der Waals surface area contributed by atoms with Gasteiger partial charge in [0.05, 0.1) is 12.2 Å². The normalized spacial score (nSPS) is 18.0. The Hall–Kier alpha value is -1.20. The molecule has 0 saturated carbocycles. The van der Waals surface area contributed by atoms with Gasteiger partial charge in [-0.2, -0.15) is 11.8 Å². The van der Waals surface area contributed by atoms with Crippen LogP contribution in [0.4, 0.5) is 5.69 Å². The van der Waals surface area contributed by atoms with Crippen molar-refractivity contribution in [2.45, 2.75) is 13.0 Å². The average Bonchev–Trinajstić information content (AvgIpc) is 2.60. The molecule has 0 bridgehead atoms. The van der Waals surface area contributed by atoms with Gasteiger partial charge in [-0.1, -0.05) is 6.07 Å². The fourth-order valence-corrected chi connectivity index (χ4v) is 3.16. The molecule has 1 aromatic carbocycles. The number of anilines is 1. The van der Waals surface area contributed by atoms with E-state index in [0.717, 1.165) is 36.6 Å². The van der Waals surface area contributed by atoms with Crippen molar-refractivity contribution in [2.75, 3.05) is 30.3 Å². The molecule has 2 heterocycles. The van der Waals surface area contributed by atoms with E-state index in [0.29, 0.717) is 5.69 Å². The molecule has 1 aromatic heterocycles. The molecule has 1 fully saturated rings. The first-order valence-electron chi connectivity index (χ1n) is 6.27. The van der Waals surface area contributed by atoms with Crippen LogP contribution in [-0.2, 0) is 6.54 Å². The second-order valence-corrected chi connectivity index (χ2v) is 5.77. The lowest BCUT2D eigenvalue weighted by Crippen LogP contribution is -2.25. The Labute approximate surface area is 111 Å². The van der Waals surface area contributed by atoms with E-state index >= 15 is 0 Å². The lowest BCUT2D eigenvalue weighted by atomic mass is 10.3. The van der Waals surface area contributed by atoms with Gasteiger partial charge in [-0.15, -0.1) is 0 Å². The van der Waals surface area contributed by atoms with Crippen LogP contribution in [0, 0.1) is 0 Å². The summed E-state index contributed by atoms with van der Waals surface area (Å²) in [7, 11) is 0. The van der Waals surface area contributed by atoms with Crippen LogP contribution in [0.3, 0.4) is 0 Å². The monoisotopic (exact) mass is 263 g/mol. The molecule has 1 aliphatic heterocycles. The zero-order chi connectivity index (χ0) is 12.4. The van der Waals surface area contributed by atoms with Gasteiger partial charge >= 0.3 is 0 Å². The van der Waals surface area contributed by atoms with Crippen LogP contribution in [0.25, 0.3) is 11.1 Å². The zero-order valence-corrected chi connectivity index (χ0v) is 11.1. The van der Waals surface area contributed by atoms with E-state index in [4.69, 9.17) is 10.2 Å². The van der Waals surface area contributed by atoms with Crippen molar-refractivity contribution in [1.29, 1.82) is 0 Å². The first-order valence-corrected chi connectivity index (χ1v) is 7.42. The SMILES string of the molecule is Nc1cccc2oc(CN3CCCSCC3)nc12. The van der Waals surface area contributed by atoms with Crippen molar-refractivity contribution in [3.05, 3.63) is 24.1 Å². The quantitative estimate of drug-likeness (QED) is 0.843. The highest BCUT2D eigenvalue weighted by Crippen LogP contribution is 2.22. The summed E-state index contributed by atoms with van der Waals surface area (Å²) in [6.45, 7) is 3.02. The standard InChI is InChI=1S/C13H17N3OS/c14-10-3-1-4-11-13(10)15-12(17-11)9-16-5-2-7-18-8-6-16/h1,3-4H,2,5-9,14H2. The second-order valence-electron chi connectivity index (χ2n) is 4.54. The number of nitrogens with zero attached hydrogens (tertiary/aromatic N) is 2. The van der Waals surface area contributed by atoms with Crippen LogP contribution in [0.5, 0.6) is 0 Å². The Bertz CT molecular complexity index is 532. The van der Waals surface area contributed by atoms with Crippen molar-refractivity contribution in [3.8, 4) is 0 Å². The summed E-state index contributed by atoms with van der Waals surface area (Å²) in [6, 6.07) is 5.67. The molecule has 2 N–H and O–H groups in total. The molecule has 4 nitrogen and oxygen atoms in total. The largest absolute Gasteiger partial charge is 0.439 e. The minimum absolute atomic E-state index is 0.689. The molecule has 1 aliphatic rings. The van der Waals surface area contributed by atoms with Gasteiger partial charge in [-0.25, -0.2) is 4.98 Å². The number of nitrogens with two attached hydrogens (primary N) is 1. The van der Waals surface area contributed by atoms with Gasteiger partial charge in [0.1, 0.15) is 5.52 Å². The smallest absolute Gasteiger partial charge is 0.209 e. The molecule has 96 valence electrons. The fourth-order valence-electron chi connectivity index (χ4n) is 2.23. The number of benzene rings is 1. The number of hydrogen-bond donors (Lipinski definition) is 1. The minimum atomic E-state index is 0.689. The predicted octanol–water partition coefficient (Wildman–Crippen LogP) is 2.35. The number of oxazole rings is 1. The van der Waals surface area contributed by atoms with Crippen LogP contribution in [-0.4, -0.2) is 34.5 Å². The first-order chi connectivity index (χ1) is 8.83. The lowest BCUT2D eigenvalue weighted by molar-refractivity contribution is 0.260. The topological polar surface area (TPSA) is 55.3 Å². The van der Waals surface area contributed by atoms with E-state index in [1.54, 1.807) is 0 Å². The van der Waals surface area contributed by atoms with Crippen LogP contribution < -0.4 is 5.73 Å². The Kier molecular flexibility index (Phi) is 3.43. The van der Waals surface area contributed by atoms with Gasteiger partial charge in [0.2, 0.25) is 5.89 Å². The molecule has 2 aromatic rings. The molecule has 3 rings (SSSR count). The van der Waals surface area contributed by atoms with E-state index in [2.05, 4.69) is 9.88 Å². The third-order valence-corrected chi connectivity index (χ3v) is 4.22. The Morgan fingerprint density at radius 2 is 2.28 bits per heavy atom. The number of aromatic nitrogens is 1. The summed E-state index contributed by atoms with van der Waals surface area (Å²) in [5.74, 6) is 3.23. The molecule has 0 radical (unpaired) electrons. The zero-order valence-electron chi connectivity index (χ0n) is 10.3. The van der Waals surface area contributed by atoms with Crippen LogP contribution >= 0.6 is 11.8 Å². The van der Waals surface area contributed by atoms with Crippen molar-refractivity contribution >= 4 is 28.5 Å². The van der Waals surface area contributed by atoms with E-state index in [-0.39, 0.29) is 0 Å². The van der Waals surface area contributed by atoms with Gasteiger partial charge in [0.25, 0.3) is 0 Å². The van der Waals surface area contributed by atoms with E-state index < -0.39 is 0 Å². The molecule has 0 atom stereocenters. The van der Waals surface area contributed by atoms with Gasteiger partial charge in [0, 0.05) is 12.3 Å². The van der Waals surface area contributed by atoms with Crippen LogP contribution in [0.2, 0.25) is 0 Å². The van der Waals surface area contributed by atoms with Crippen LogP contribution in [0.15, 0.2) is 22.6 Å². The van der Waals surface area contributed by atoms with Crippen molar-refractivity contribution < 1.29 is 4.42 Å². The second kappa shape index (κ2) is 5.20. The predicted molar refractivity (Wildman–Crippen MR) is 75.6 cm³/mol. The molecule has 0 spiro atoms. The van der Waals surface area contributed by atoms with Crippen molar-refractivity contribution in [2.24, 2.45) is 0 Å². The fraction of sp³-hybridized carbons (Fsp3) is 0.462. The van der Waals surface area contributed by atoms with Gasteiger partial charge in [-0.3, -0.25) is 4.90 Å². The molecular formula is C13H17N3OS. The molecular weight excluding hydrogens is 246 g/mol. The Balaban J connectivity index is 1.79. The van der Waals surface area contributed by atoms with Crippen molar-refractivity contribution in [1.82, 2.24) is 9.88 Å². The highest BCUT2D eigenvalue weighted by atomic mass is 32.2. The third kappa shape index (κ3) is 2.47. The van der Waals surface area contributed by atoms with E-state index in [9.17, 15) is 0 Å². The summed E-state index contributed by atoms with van der Waals surface area (Å²) in [6.07, 6.45) is 1.24. The highest BCUT2D eigenvalue weighted by Gasteiger charge is 2.14. The Morgan fingerprint density at radius 3 is 3.17 bits per heavy atom. The maximum absolute atomic E-state index is 5.89. The van der Waals surface area contributed by atoms with Gasteiger partial charge in [0.15, 0.2) is 5.58 Å². The third-order valence-electron chi connectivity index (χ3n) is 3.17. The maximum Gasteiger partial charge on any atom is 0.209 e. The molecule has 0 unspecified atom stereocenters. The van der Waals surface area contributed by atoms with E-state index in [1.165, 1.54) is 17.9 Å². The number of hydrogen-bond acceptors (Lipinski definition) is 5. The summed E-state index contributed by atoms with van der Waals surface area (Å²) in [5, 5.41) is 0. The summed E-state index contributed by atoms with van der Waals surface area (Å²) in [4.78, 5) is 6.90. The highest BCUT2D eigenvalue weighted by molar-refractivity contribution is 7.99. The number of para-hydroxylation sites is 1.